The van der Waals surface area contributed by atoms with Gasteiger partial charge in [-0.2, -0.15) is 0 Å². The fraction of sp³-hybridized carbons (Fsp3) is 0.769. The molecule has 0 fully saturated rings. The molecular weight excluding hydrogens is 232 g/mol. The second-order valence-corrected chi connectivity index (χ2v) is 10.7. The summed E-state index contributed by atoms with van der Waals surface area (Å²) in [6, 6.07) is 2.33. The number of rotatable bonds is 4. The topological polar surface area (TPSA) is 27.1 Å². The Kier molecular flexibility index (Phi) is 4.18. The number of nitrogens with zero attached hydrogens (tertiary/aromatic N) is 2. The van der Waals surface area contributed by atoms with Gasteiger partial charge in [-0.15, -0.1) is 5.10 Å². The molecule has 0 atom stereocenters. The van der Waals surface area contributed by atoms with Gasteiger partial charge in [-0.05, 0) is 31.1 Å². The third-order valence-electron chi connectivity index (χ3n) is 3.27. The normalized spacial score (nSPS) is 14.1. The maximum Gasteiger partial charge on any atom is 0.233 e. The predicted octanol–water partition coefficient (Wildman–Crippen LogP) is 3.66. The van der Waals surface area contributed by atoms with Crippen molar-refractivity contribution in [3.05, 3.63) is 12.3 Å². The van der Waals surface area contributed by atoms with Crippen molar-refractivity contribution in [3.63, 3.8) is 0 Å². The Morgan fingerprint density at radius 2 is 1.94 bits per heavy atom. The Morgan fingerprint density at radius 1 is 1.35 bits per heavy atom. The predicted molar refractivity (Wildman–Crippen MR) is 77.3 cm³/mol. The molecule has 0 N–H and O–H groups in total. The maximum atomic E-state index is 5.83. The molecule has 0 aromatic carbocycles. The SMILES string of the molecule is CC(C)n1ccc(OCS(C)(C)C(C)(C)C)n1. The van der Waals surface area contributed by atoms with Gasteiger partial charge in [-0.3, -0.25) is 4.68 Å². The van der Waals surface area contributed by atoms with Crippen LogP contribution in [0.2, 0.25) is 0 Å². The number of aromatic nitrogens is 2. The molecule has 0 radical (unpaired) electrons. The van der Waals surface area contributed by atoms with E-state index < -0.39 is 10.0 Å². The first-order valence-corrected chi connectivity index (χ1v) is 8.64. The van der Waals surface area contributed by atoms with Gasteiger partial charge in [0.05, 0.1) is 0 Å². The lowest BCUT2D eigenvalue weighted by Gasteiger charge is -2.43. The molecular formula is C13H26N2OS. The Balaban J connectivity index is 2.61. The van der Waals surface area contributed by atoms with Crippen LogP contribution in [0.3, 0.4) is 0 Å². The Bertz CT molecular complexity index is 364. The molecule has 3 nitrogen and oxygen atoms in total. The summed E-state index contributed by atoms with van der Waals surface area (Å²) in [7, 11) is -0.778. The molecule has 0 unspecified atom stereocenters. The van der Waals surface area contributed by atoms with E-state index in [0.717, 1.165) is 11.8 Å². The standard InChI is InChI=1S/C13H26N2OS/c1-11(2)15-9-8-12(14-15)16-10-17(6,7)13(3,4)5/h8-9,11H,10H2,1-7H3. The lowest BCUT2D eigenvalue weighted by Crippen LogP contribution is -2.27. The molecule has 17 heavy (non-hydrogen) atoms. The van der Waals surface area contributed by atoms with Crippen LogP contribution in [0.5, 0.6) is 5.88 Å². The number of ether oxygens (including phenoxy) is 1. The molecule has 0 saturated carbocycles. The summed E-state index contributed by atoms with van der Waals surface area (Å²) in [5, 5.41) is 4.40. The van der Waals surface area contributed by atoms with E-state index in [9.17, 15) is 0 Å². The van der Waals surface area contributed by atoms with Crippen LogP contribution in [0.15, 0.2) is 12.3 Å². The lowest BCUT2D eigenvalue weighted by atomic mass is 10.3. The largest absolute Gasteiger partial charge is 0.467 e. The molecule has 0 aliphatic rings. The van der Waals surface area contributed by atoms with E-state index in [2.05, 4.69) is 52.2 Å². The van der Waals surface area contributed by atoms with Crippen molar-refractivity contribution >= 4 is 10.0 Å². The van der Waals surface area contributed by atoms with Crippen molar-refractivity contribution in [1.29, 1.82) is 0 Å². The molecule has 1 rings (SSSR count). The molecule has 0 amide bonds. The van der Waals surface area contributed by atoms with Crippen LogP contribution >= 0.6 is 10.0 Å². The average molecular weight is 258 g/mol. The fourth-order valence-corrected chi connectivity index (χ4v) is 1.84. The van der Waals surface area contributed by atoms with Crippen LogP contribution in [0, 0.1) is 0 Å². The van der Waals surface area contributed by atoms with Gasteiger partial charge in [0, 0.05) is 18.3 Å². The quantitative estimate of drug-likeness (QED) is 0.824. The summed E-state index contributed by atoms with van der Waals surface area (Å²) in [4.78, 5) is 0. The Morgan fingerprint density at radius 3 is 2.35 bits per heavy atom. The number of hydrogen-bond acceptors (Lipinski definition) is 2. The minimum absolute atomic E-state index is 0.299. The molecule has 0 aliphatic heterocycles. The maximum absolute atomic E-state index is 5.83. The zero-order chi connectivity index (χ0) is 13.3. The van der Waals surface area contributed by atoms with Crippen molar-refractivity contribution in [1.82, 2.24) is 9.78 Å². The highest BCUT2D eigenvalue weighted by Crippen LogP contribution is 2.52. The van der Waals surface area contributed by atoms with Crippen LogP contribution in [-0.2, 0) is 0 Å². The van der Waals surface area contributed by atoms with Gasteiger partial charge in [-0.25, -0.2) is 10.0 Å². The van der Waals surface area contributed by atoms with Gasteiger partial charge >= 0.3 is 0 Å². The monoisotopic (exact) mass is 258 g/mol. The van der Waals surface area contributed by atoms with Gasteiger partial charge < -0.3 is 4.74 Å². The lowest BCUT2D eigenvalue weighted by molar-refractivity contribution is 0.360. The van der Waals surface area contributed by atoms with Crippen molar-refractivity contribution in [2.24, 2.45) is 0 Å². The zero-order valence-electron chi connectivity index (χ0n) is 12.2. The molecule has 100 valence electrons. The van der Waals surface area contributed by atoms with Crippen molar-refractivity contribution < 1.29 is 4.74 Å². The van der Waals surface area contributed by atoms with Crippen LogP contribution < -0.4 is 4.74 Å². The molecule has 4 heteroatoms. The van der Waals surface area contributed by atoms with Crippen molar-refractivity contribution in [3.8, 4) is 5.88 Å². The second-order valence-electron chi connectivity index (χ2n) is 6.14. The summed E-state index contributed by atoms with van der Waals surface area (Å²) in [6.45, 7) is 11.1. The third-order valence-corrected chi connectivity index (χ3v) is 7.29. The summed E-state index contributed by atoms with van der Waals surface area (Å²) >= 11 is 0. The van der Waals surface area contributed by atoms with Gasteiger partial charge in [-0.1, -0.05) is 20.8 Å². The van der Waals surface area contributed by atoms with Gasteiger partial charge in [0.2, 0.25) is 5.88 Å². The van der Waals surface area contributed by atoms with E-state index in [-0.39, 0.29) is 0 Å². The van der Waals surface area contributed by atoms with E-state index in [4.69, 9.17) is 4.74 Å². The van der Waals surface area contributed by atoms with Crippen LogP contribution in [0.25, 0.3) is 0 Å². The van der Waals surface area contributed by atoms with Crippen LogP contribution in [0.1, 0.15) is 40.7 Å². The number of hydrogen-bond donors (Lipinski definition) is 0. The molecule has 0 saturated heterocycles. The highest BCUT2D eigenvalue weighted by atomic mass is 32.3. The minimum Gasteiger partial charge on any atom is -0.467 e. The minimum atomic E-state index is -0.778. The summed E-state index contributed by atoms with van der Waals surface area (Å²) < 4.78 is 8.06. The first kappa shape index (κ1) is 14.4. The second kappa shape index (κ2) is 4.92. The van der Waals surface area contributed by atoms with Gasteiger partial charge in [0.1, 0.15) is 5.94 Å². The fourth-order valence-electron chi connectivity index (χ4n) is 1.07. The highest BCUT2D eigenvalue weighted by Gasteiger charge is 2.28. The molecule has 1 aromatic rings. The Labute approximate surface area is 107 Å². The molecule has 0 bridgehead atoms. The van der Waals surface area contributed by atoms with Gasteiger partial charge in [0.15, 0.2) is 0 Å². The molecule has 1 heterocycles. The first-order valence-electron chi connectivity index (χ1n) is 6.02. The zero-order valence-corrected chi connectivity index (χ0v) is 13.0. The van der Waals surface area contributed by atoms with E-state index >= 15 is 0 Å². The highest BCUT2D eigenvalue weighted by molar-refractivity contribution is 8.33. The van der Waals surface area contributed by atoms with E-state index in [1.54, 1.807) is 0 Å². The Hall–Kier alpha value is -0.640. The smallest absolute Gasteiger partial charge is 0.233 e. The third kappa shape index (κ3) is 3.66. The summed E-state index contributed by atoms with van der Waals surface area (Å²) in [6.07, 6.45) is 6.60. The molecule has 1 aromatic heterocycles. The van der Waals surface area contributed by atoms with E-state index in [1.165, 1.54) is 0 Å². The van der Waals surface area contributed by atoms with Crippen LogP contribution in [-0.4, -0.2) is 33.0 Å². The van der Waals surface area contributed by atoms with Crippen LogP contribution in [0.4, 0.5) is 0 Å². The molecule has 0 aliphatic carbocycles. The summed E-state index contributed by atoms with van der Waals surface area (Å²) in [5.74, 6) is 1.51. The summed E-state index contributed by atoms with van der Waals surface area (Å²) in [5.41, 5.74) is 0. The first-order chi connectivity index (χ1) is 7.63. The van der Waals surface area contributed by atoms with Gasteiger partial charge in [0.25, 0.3) is 0 Å². The molecule has 0 spiro atoms. The van der Waals surface area contributed by atoms with E-state index in [1.807, 2.05) is 16.9 Å². The average Bonchev–Trinajstić information content (AvgIpc) is 2.61. The van der Waals surface area contributed by atoms with Crippen molar-refractivity contribution in [2.45, 2.75) is 45.4 Å². The van der Waals surface area contributed by atoms with Crippen molar-refractivity contribution in [2.75, 3.05) is 18.5 Å². The van der Waals surface area contributed by atoms with E-state index in [0.29, 0.717) is 10.8 Å².